The largest absolute Gasteiger partial charge is 0.398 e. The summed E-state index contributed by atoms with van der Waals surface area (Å²) in [6, 6.07) is 15.3. The molecule has 2 rings (SSSR count). The quantitative estimate of drug-likeness (QED) is 0.581. The van der Waals surface area contributed by atoms with E-state index in [1.54, 1.807) is 18.2 Å². The second-order valence-corrected chi connectivity index (χ2v) is 7.81. The van der Waals surface area contributed by atoms with Gasteiger partial charge in [0.2, 0.25) is 0 Å². The lowest BCUT2D eigenvalue weighted by Crippen LogP contribution is -2.33. The predicted octanol–water partition coefficient (Wildman–Crippen LogP) is 5.50. The molecule has 23 heavy (non-hydrogen) atoms. The Bertz CT molecular complexity index is 705. The minimum absolute atomic E-state index is 0.0292. The first kappa shape index (κ1) is 17.6. The molecule has 0 unspecified atom stereocenters. The van der Waals surface area contributed by atoms with Gasteiger partial charge < -0.3 is 5.73 Å². The lowest BCUT2D eigenvalue weighted by atomic mass is 9.68. The Kier molecular flexibility index (Phi) is 4.86. The third kappa shape index (κ3) is 3.94. The van der Waals surface area contributed by atoms with Gasteiger partial charge in [0.15, 0.2) is 5.78 Å². The Morgan fingerprint density at radius 1 is 1.04 bits per heavy atom. The average molecular weight is 330 g/mol. The monoisotopic (exact) mass is 329 g/mol. The Morgan fingerprint density at radius 2 is 1.65 bits per heavy atom. The molecule has 0 saturated carbocycles. The highest BCUT2D eigenvalue weighted by molar-refractivity contribution is 6.31. The van der Waals surface area contributed by atoms with Crippen molar-refractivity contribution in [2.75, 3.05) is 5.73 Å². The van der Waals surface area contributed by atoms with Crippen LogP contribution in [0, 0.1) is 5.41 Å². The highest BCUT2D eigenvalue weighted by Crippen LogP contribution is 2.39. The number of carbonyl (C=O) groups excluding carboxylic acids is 1. The molecule has 2 aromatic carbocycles. The van der Waals surface area contributed by atoms with E-state index >= 15 is 0 Å². The first-order chi connectivity index (χ1) is 10.6. The van der Waals surface area contributed by atoms with E-state index in [2.05, 4.69) is 26.0 Å². The topological polar surface area (TPSA) is 43.1 Å². The lowest BCUT2D eigenvalue weighted by Gasteiger charge is -2.34. The highest BCUT2D eigenvalue weighted by atomic mass is 35.5. The van der Waals surface area contributed by atoms with Crippen LogP contribution in [-0.2, 0) is 5.41 Å². The first-order valence-electron chi connectivity index (χ1n) is 7.79. The minimum atomic E-state index is -0.544. The van der Waals surface area contributed by atoms with Gasteiger partial charge in [-0.15, -0.1) is 0 Å². The van der Waals surface area contributed by atoms with Crippen LogP contribution in [0.2, 0.25) is 5.02 Å². The molecule has 0 saturated heterocycles. The summed E-state index contributed by atoms with van der Waals surface area (Å²) in [6.07, 6.45) is 0.717. The number of hydrogen-bond acceptors (Lipinski definition) is 2. The molecule has 0 amide bonds. The number of nitrogens with two attached hydrogens (primary N) is 1. The Hall–Kier alpha value is -1.80. The molecule has 0 bridgehead atoms. The van der Waals surface area contributed by atoms with Crippen molar-refractivity contribution in [2.45, 2.75) is 39.5 Å². The van der Waals surface area contributed by atoms with Crippen molar-refractivity contribution in [2.24, 2.45) is 5.41 Å². The fraction of sp³-hybridized carbons (Fsp3) is 0.350. The van der Waals surface area contributed by atoms with Gasteiger partial charge in [-0.2, -0.15) is 0 Å². The second-order valence-electron chi connectivity index (χ2n) is 7.37. The van der Waals surface area contributed by atoms with E-state index in [1.807, 2.05) is 32.0 Å². The van der Waals surface area contributed by atoms with Gasteiger partial charge in [-0.1, -0.05) is 69.6 Å². The average Bonchev–Trinajstić information content (AvgIpc) is 2.49. The van der Waals surface area contributed by atoms with Crippen LogP contribution >= 0.6 is 11.6 Å². The summed E-state index contributed by atoms with van der Waals surface area (Å²) in [7, 11) is 0. The minimum Gasteiger partial charge on any atom is -0.398 e. The fourth-order valence-electron chi connectivity index (χ4n) is 3.27. The Labute approximate surface area is 143 Å². The van der Waals surface area contributed by atoms with E-state index in [-0.39, 0.29) is 11.2 Å². The van der Waals surface area contributed by atoms with Crippen molar-refractivity contribution in [1.82, 2.24) is 0 Å². The number of rotatable bonds is 5. The predicted molar refractivity (Wildman–Crippen MR) is 98.1 cm³/mol. The normalized spacial score (nSPS) is 12.2. The number of Topliss-reactive ketones (excluding diaryl/α,β-unsaturated/α-hetero) is 1. The third-order valence-electron chi connectivity index (χ3n) is 4.31. The maximum absolute atomic E-state index is 13.0. The molecule has 0 heterocycles. The molecule has 0 atom stereocenters. The summed E-state index contributed by atoms with van der Waals surface area (Å²) < 4.78 is 0. The molecule has 0 aliphatic rings. The summed E-state index contributed by atoms with van der Waals surface area (Å²) in [5.74, 6) is 0.0292. The number of anilines is 1. The SMILES string of the molecule is CC(C)(CC(C)(C)c1ccccc1)C(=O)c1cc(Cl)ccc1N. The van der Waals surface area contributed by atoms with Crippen molar-refractivity contribution in [1.29, 1.82) is 0 Å². The van der Waals surface area contributed by atoms with Crippen LogP contribution in [0.1, 0.15) is 50.0 Å². The molecular weight excluding hydrogens is 306 g/mol. The van der Waals surface area contributed by atoms with Gasteiger partial charge in [0.1, 0.15) is 0 Å². The summed E-state index contributed by atoms with van der Waals surface area (Å²) >= 11 is 6.03. The molecule has 2 aromatic rings. The van der Waals surface area contributed by atoms with Crippen LogP contribution in [0.15, 0.2) is 48.5 Å². The molecule has 0 spiro atoms. The number of carbonyl (C=O) groups is 1. The van der Waals surface area contributed by atoms with Gasteiger partial charge in [-0.05, 0) is 35.6 Å². The van der Waals surface area contributed by atoms with E-state index in [1.165, 1.54) is 5.56 Å². The van der Waals surface area contributed by atoms with E-state index in [0.717, 1.165) is 6.42 Å². The number of halogens is 1. The van der Waals surface area contributed by atoms with Crippen LogP contribution in [0.25, 0.3) is 0 Å². The zero-order valence-corrected chi connectivity index (χ0v) is 14.9. The number of hydrogen-bond donors (Lipinski definition) is 1. The molecule has 2 nitrogen and oxygen atoms in total. The van der Waals surface area contributed by atoms with Crippen LogP contribution in [0.5, 0.6) is 0 Å². The maximum Gasteiger partial charge on any atom is 0.170 e. The van der Waals surface area contributed by atoms with Gasteiger partial charge >= 0.3 is 0 Å². The van der Waals surface area contributed by atoms with Gasteiger partial charge in [-0.3, -0.25) is 4.79 Å². The van der Waals surface area contributed by atoms with Crippen molar-refractivity contribution in [3.8, 4) is 0 Å². The van der Waals surface area contributed by atoms with E-state index in [4.69, 9.17) is 17.3 Å². The van der Waals surface area contributed by atoms with Crippen molar-refractivity contribution in [3.05, 3.63) is 64.7 Å². The van der Waals surface area contributed by atoms with Crippen molar-refractivity contribution < 1.29 is 4.79 Å². The van der Waals surface area contributed by atoms with Crippen LogP contribution in [0.3, 0.4) is 0 Å². The summed E-state index contributed by atoms with van der Waals surface area (Å²) in [5.41, 5.74) is 7.53. The second kappa shape index (κ2) is 6.37. The number of nitrogen functional groups attached to an aromatic ring is 1. The first-order valence-corrected chi connectivity index (χ1v) is 8.17. The molecule has 122 valence electrons. The number of ketones is 1. The molecule has 3 heteroatoms. The van der Waals surface area contributed by atoms with Crippen LogP contribution in [-0.4, -0.2) is 5.78 Å². The Morgan fingerprint density at radius 3 is 2.26 bits per heavy atom. The van der Waals surface area contributed by atoms with Crippen molar-refractivity contribution in [3.63, 3.8) is 0 Å². The van der Waals surface area contributed by atoms with Gasteiger partial charge in [0.25, 0.3) is 0 Å². The maximum atomic E-state index is 13.0. The Balaban J connectivity index is 2.31. The van der Waals surface area contributed by atoms with E-state index in [9.17, 15) is 4.79 Å². The molecule has 0 aliphatic carbocycles. The van der Waals surface area contributed by atoms with Gasteiger partial charge in [0.05, 0.1) is 0 Å². The zero-order chi connectivity index (χ0) is 17.3. The molecule has 0 aromatic heterocycles. The molecule has 0 fully saturated rings. The third-order valence-corrected chi connectivity index (χ3v) is 4.55. The van der Waals surface area contributed by atoms with E-state index in [0.29, 0.717) is 16.3 Å². The summed E-state index contributed by atoms with van der Waals surface area (Å²) in [4.78, 5) is 13.0. The van der Waals surface area contributed by atoms with Gasteiger partial charge in [-0.25, -0.2) is 0 Å². The van der Waals surface area contributed by atoms with Crippen LogP contribution < -0.4 is 5.73 Å². The number of benzene rings is 2. The summed E-state index contributed by atoms with van der Waals surface area (Å²) in [5, 5.41) is 0.528. The fourth-order valence-corrected chi connectivity index (χ4v) is 3.44. The van der Waals surface area contributed by atoms with Crippen molar-refractivity contribution >= 4 is 23.1 Å². The van der Waals surface area contributed by atoms with Crippen LogP contribution in [0.4, 0.5) is 5.69 Å². The molecule has 2 N–H and O–H groups in total. The smallest absolute Gasteiger partial charge is 0.170 e. The van der Waals surface area contributed by atoms with Gasteiger partial charge in [0, 0.05) is 21.7 Å². The molecule has 0 radical (unpaired) electrons. The molecular formula is C20H24ClNO. The lowest BCUT2D eigenvalue weighted by molar-refractivity contribution is 0.0796. The summed E-state index contributed by atoms with van der Waals surface area (Å²) in [6.45, 7) is 8.28. The molecule has 0 aliphatic heterocycles. The standard InChI is InChI=1S/C20H24ClNO/c1-19(2,14-8-6-5-7-9-14)13-20(3,4)18(23)16-12-15(21)10-11-17(16)22/h5-12H,13,22H2,1-4H3. The van der Waals surface area contributed by atoms with E-state index < -0.39 is 5.41 Å². The zero-order valence-electron chi connectivity index (χ0n) is 14.2. The highest BCUT2D eigenvalue weighted by Gasteiger charge is 2.36.